The van der Waals surface area contributed by atoms with Crippen molar-refractivity contribution in [2.24, 2.45) is 0 Å². The molecule has 0 unspecified atom stereocenters. The molecular weight excluding hydrogens is 288 g/mol. The van der Waals surface area contributed by atoms with Crippen LogP contribution in [-0.4, -0.2) is 10.7 Å². The van der Waals surface area contributed by atoms with Gasteiger partial charge in [-0.2, -0.15) is 0 Å². The number of halogens is 1. The van der Waals surface area contributed by atoms with E-state index in [4.69, 9.17) is 20.9 Å². The molecule has 21 heavy (non-hydrogen) atoms. The van der Waals surface area contributed by atoms with Crippen LogP contribution in [0.5, 0.6) is 5.75 Å². The maximum absolute atomic E-state index is 6.12. The molecule has 0 atom stereocenters. The molecule has 0 fully saturated rings. The van der Waals surface area contributed by atoms with E-state index in [1.165, 1.54) is 0 Å². The van der Waals surface area contributed by atoms with E-state index in [1.54, 1.807) is 0 Å². The van der Waals surface area contributed by atoms with Gasteiger partial charge < -0.3 is 14.6 Å². The molecule has 1 heterocycles. The molecule has 1 N–H and O–H groups in total. The number of hydrogen-bond acceptors (Lipinski definition) is 4. The zero-order chi connectivity index (χ0) is 15.5. The van der Waals surface area contributed by atoms with Crippen LogP contribution in [0, 0.1) is 6.92 Å². The van der Waals surface area contributed by atoms with Gasteiger partial charge in [-0.3, -0.25) is 0 Å². The van der Waals surface area contributed by atoms with Gasteiger partial charge in [-0.1, -0.05) is 22.8 Å². The van der Waals surface area contributed by atoms with Crippen molar-refractivity contribution in [1.29, 1.82) is 0 Å². The lowest BCUT2D eigenvalue weighted by Crippen LogP contribution is -2.35. The third-order valence-corrected chi connectivity index (χ3v) is 3.16. The summed E-state index contributed by atoms with van der Waals surface area (Å²) in [5.74, 6) is 1.32. The molecule has 0 radical (unpaired) electrons. The lowest BCUT2D eigenvalue weighted by molar-refractivity contribution is 0.248. The topological polar surface area (TPSA) is 47.3 Å². The maximum atomic E-state index is 6.12. The Balaban J connectivity index is 1.90. The van der Waals surface area contributed by atoms with Crippen molar-refractivity contribution in [3.63, 3.8) is 0 Å². The number of aromatic nitrogens is 1. The molecule has 0 amide bonds. The van der Waals surface area contributed by atoms with Crippen LogP contribution in [0.2, 0.25) is 5.02 Å². The van der Waals surface area contributed by atoms with Gasteiger partial charge >= 0.3 is 0 Å². The second-order valence-electron chi connectivity index (χ2n) is 6.11. The Hall–Kier alpha value is -1.52. The number of rotatable bonds is 5. The SMILES string of the molecule is Cc1ccc(OCc2cc(CNC(C)(C)C)no2)c(Cl)c1. The Morgan fingerprint density at radius 1 is 1.29 bits per heavy atom. The fourth-order valence-corrected chi connectivity index (χ4v) is 2.02. The highest BCUT2D eigenvalue weighted by Gasteiger charge is 2.11. The molecule has 1 aromatic carbocycles. The van der Waals surface area contributed by atoms with Crippen molar-refractivity contribution in [3.8, 4) is 5.75 Å². The molecule has 114 valence electrons. The smallest absolute Gasteiger partial charge is 0.174 e. The standard InChI is InChI=1S/C16H21ClN2O2/c1-11-5-6-15(14(17)7-11)20-10-13-8-12(19-21-13)9-18-16(2,3)4/h5-8,18H,9-10H2,1-4H3. The molecule has 0 spiro atoms. The first-order valence-electron chi connectivity index (χ1n) is 6.92. The van der Waals surface area contributed by atoms with Crippen molar-refractivity contribution in [2.45, 2.75) is 46.4 Å². The van der Waals surface area contributed by atoms with Gasteiger partial charge in [-0.15, -0.1) is 0 Å². The van der Waals surface area contributed by atoms with Crippen molar-refractivity contribution in [2.75, 3.05) is 0 Å². The van der Waals surface area contributed by atoms with Crippen LogP contribution >= 0.6 is 11.6 Å². The molecule has 5 heteroatoms. The van der Waals surface area contributed by atoms with Crippen LogP contribution < -0.4 is 10.1 Å². The fraction of sp³-hybridized carbons (Fsp3) is 0.438. The summed E-state index contributed by atoms with van der Waals surface area (Å²) in [6, 6.07) is 7.58. The molecule has 0 saturated carbocycles. The first-order chi connectivity index (χ1) is 9.83. The van der Waals surface area contributed by atoms with E-state index in [0.29, 0.717) is 29.7 Å². The zero-order valence-corrected chi connectivity index (χ0v) is 13.6. The van der Waals surface area contributed by atoms with Gasteiger partial charge in [0.25, 0.3) is 0 Å². The van der Waals surface area contributed by atoms with Crippen LogP contribution in [0.4, 0.5) is 0 Å². The summed E-state index contributed by atoms with van der Waals surface area (Å²) in [7, 11) is 0. The maximum Gasteiger partial charge on any atom is 0.174 e. The fourth-order valence-electron chi connectivity index (χ4n) is 1.73. The van der Waals surface area contributed by atoms with Crippen molar-refractivity contribution in [3.05, 3.63) is 46.3 Å². The quantitative estimate of drug-likeness (QED) is 0.903. The van der Waals surface area contributed by atoms with Crippen LogP contribution in [0.3, 0.4) is 0 Å². The normalized spacial score (nSPS) is 11.7. The zero-order valence-electron chi connectivity index (χ0n) is 12.9. The van der Waals surface area contributed by atoms with Gasteiger partial charge in [0.1, 0.15) is 12.4 Å². The Kier molecular flexibility index (Phi) is 4.91. The predicted octanol–water partition coefficient (Wildman–Crippen LogP) is 4.10. The average Bonchev–Trinajstić information content (AvgIpc) is 2.82. The van der Waals surface area contributed by atoms with Gasteiger partial charge in [-0.25, -0.2) is 0 Å². The molecule has 0 aliphatic carbocycles. The van der Waals surface area contributed by atoms with Gasteiger partial charge in [0.15, 0.2) is 5.76 Å². The second-order valence-corrected chi connectivity index (χ2v) is 6.52. The molecule has 0 aliphatic heterocycles. The number of aryl methyl sites for hydroxylation is 1. The van der Waals surface area contributed by atoms with E-state index < -0.39 is 0 Å². The van der Waals surface area contributed by atoms with Gasteiger partial charge in [0.05, 0.1) is 10.7 Å². The average molecular weight is 309 g/mol. The number of ether oxygens (including phenoxy) is 1. The first-order valence-corrected chi connectivity index (χ1v) is 7.30. The van der Waals surface area contributed by atoms with E-state index in [2.05, 4.69) is 31.2 Å². The Morgan fingerprint density at radius 3 is 2.71 bits per heavy atom. The minimum atomic E-state index is 0.0467. The summed E-state index contributed by atoms with van der Waals surface area (Å²) in [4.78, 5) is 0. The summed E-state index contributed by atoms with van der Waals surface area (Å²) >= 11 is 6.12. The van der Waals surface area contributed by atoms with Crippen molar-refractivity contribution >= 4 is 11.6 Å². The predicted molar refractivity (Wildman–Crippen MR) is 83.6 cm³/mol. The summed E-state index contributed by atoms with van der Waals surface area (Å²) < 4.78 is 10.9. The molecule has 0 aliphatic rings. The van der Waals surface area contributed by atoms with Crippen LogP contribution in [0.15, 0.2) is 28.8 Å². The number of benzene rings is 1. The van der Waals surface area contributed by atoms with Crippen molar-refractivity contribution in [1.82, 2.24) is 10.5 Å². The van der Waals surface area contributed by atoms with Gasteiger partial charge in [0, 0.05) is 18.2 Å². The molecule has 0 saturated heterocycles. The minimum absolute atomic E-state index is 0.0467. The molecular formula is C16H21ClN2O2. The lowest BCUT2D eigenvalue weighted by atomic mass is 10.1. The second kappa shape index (κ2) is 6.50. The Labute approximate surface area is 130 Å². The van der Waals surface area contributed by atoms with E-state index in [1.807, 2.05) is 31.2 Å². The van der Waals surface area contributed by atoms with Crippen LogP contribution in [-0.2, 0) is 13.2 Å². The third kappa shape index (κ3) is 5.06. The van der Waals surface area contributed by atoms with Crippen LogP contribution in [0.1, 0.15) is 37.8 Å². The highest BCUT2D eigenvalue weighted by atomic mass is 35.5. The number of hydrogen-bond donors (Lipinski definition) is 1. The van der Waals surface area contributed by atoms with E-state index in [9.17, 15) is 0 Å². The monoisotopic (exact) mass is 308 g/mol. The summed E-state index contributed by atoms with van der Waals surface area (Å²) in [5.41, 5.74) is 2.01. The molecule has 1 aromatic heterocycles. The summed E-state index contributed by atoms with van der Waals surface area (Å²) in [6.45, 7) is 9.29. The molecule has 2 rings (SSSR count). The van der Waals surface area contributed by atoms with Crippen molar-refractivity contribution < 1.29 is 9.26 Å². The molecule has 0 bridgehead atoms. The van der Waals surface area contributed by atoms with E-state index >= 15 is 0 Å². The van der Waals surface area contributed by atoms with Gasteiger partial charge in [-0.05, 0) is 45.4 Å². The minimum Gasteiger partial charge on any atom is -0.484 e. The van der Waals surface area contributed by atoms with E-state index in [0.717, 1.165) is 11.3 Å². The molecule has 2 aromatic rings. The summed E-state index contributed by atoms with van der Waals surface area (Å²) in [5, 5.41) is 7.97. The Bertz CT molecular complexity index is 603. The largest absolute Gasteiger partial charge is 0.484 e. The van der Waals surface area contributed by atoms with Gasteiger partial charge in [0.2, 0.25) is 0 Å². The Morgan fingerprint density at radius 2 is 2.05 bits per heavy atom. The highest BCUT2D eigenvalue weighted by Crippen LogP contribution is 2.26. The number of nitrogens with one attached hydrogen (secondary N) is 1. The first kappa shape index (κ1) is 15.9. The highest BCUT2D eigenvalue weighted by molar-refractivity contribution is 6.32. The number of nitrogens with zero attached hydrogens (tertiary/aromatic N) is 1. The van der Waals surface area contributed by atoms with E-state index in [-0.39, 0.29) is 5.54 Å². The lowest BCUT2D eigenvalue weighted by Gasteiger charge is -2.19. The van der Waals surface area contributed by atoms with Crippen LogP contribution in [0.25, 0.3) is 0 Å². The third-order valence-electron chi connectivity index (χ3n) is 2.86. The molecule has 4 nitrogen and oxygen atoms in total. The summed E-state index contributed by atoms with van der Waals surface area (Å²) in [6.07, 6.45) is 0.